The highest BCUT2D eigenvalue weighted by atomic mass is 32.1. The van der Waals surface area contributed by atoms with E-state index in [1.165, 1.54) is 39.0 Å². The van der Waals surface area contributed by atoms with Gasteiger partial charge in [0.1, 0.15) is 0 Å². The van der Waals surface area contributed by atoms with Gasteiger partial charge in [0.2, 0.25) is 0 Å². The van der Waals surface area contributed by atoms with Gasteiger partial charge in [-0.3, -0.25) is 9.97 Å². The van der Waals surface area contributed by atoms with Gasteiger partial charge in [-0.2, -0.15) is 0 Å². The van der Waals surface area contributed by atoms with Gasteiger partial charge in [-0.15, -0.1) is 0 Å². The van der Waals surface area contributed by atoms with Crippen LogP contribution in [-0.4, -0.2) is 24.5 Å². The largest absolute Gasteiger partial charge is 0.352 e. The molecule has 6 rings (SSSR count). The van der Waals surface area contributed by atoms with Crippen LogP contribution in [0, 0.1) is 13.8 Å². The number of nitrogens with zero attached hydrogens (tertiary/aromatic N) is 4. The van der Waals surface area contributed by atoms with Crippen LogP contribution in [0.3, 0.4) is 0 Å². The van der Waals surface area contributed by atoms with Gasteiger partial charge in [0.15, 0.2) is 5.11 Å². The summed E-state index contributed by atoms with van der Waals surface area (Å²) in [6.45, 7) is 5.09. The topological polar surface area (TPSA) is 46.0 Å². The molecule has 2 atom stereocenters. The lowest BCUT2D eigenvalue weighted by molar-refractivity contribution is 0.310. The first-order chi connectivity index (χ1) is 17.6. The first kappa shape index (κ1) is 22.4. The predicted octanol–water partition coefficient (Wildman–Crippen LogP) is 6.21. The van der Waals surface area contributed by atoms with Crippen LogP contribution in [0.2, 0.25) is 0 Å². The molecule has 1 aliphatic heterocycles. The van der Waals surface area contributed by atoms with Crippen LogP contribution in [0.4, 0.5) is 0 Å². The minimum atomic E-state index is -0.0537. The fourth-order valence-corrected chi connectivity index (χ4v) is 5.77. The molecule has 1 N–H and O–H groups in total. The second-order valence-corrected chi connectivity index (χ2v) is 9.66. The Labute approximate surface area is 216 Å². The third-order valence-corrected chi connectivity index (χ3v) is 7.45. The Morgan fingerprint density at radius 1 is 0.889 bits per heavy atom. The number of aryl methyl sites for hydroxylation is 1. The van der Waals surface area contributed by atoms with E-state index < -0.39 is 0 Å². The van der Waals surface area contributed by atoms with E-state index >= 15 is 0 Å². The highest BCUT2D eigenvalue weighted by molar-refractivity contribution is 7.80. The van der Waals surface area contributed by atoms with Crippen molar-refractivity contribution in [3.8, 4) is 5.69 Å². The van der Waals surface area contributed by atoms with Crippen molar-refractivity contribution >= 4 is 28.1 Å². The first-order valence-electron chi connectivity index (χ1n) is 12.2. The third-order valence-electron chi connectivity index (χ3n) is 7.10. The van der Waals surface area contributed by atoms with Crippen LogP contribution in [-0.2, 0) is 6.54 Å². The lowest BCUT2D eigenvalue weighted by Crippen LogP contribution is -2.29. The van der Waals surface area contributed by atoms with Crippen molar-refractivity contribution in [3.63, 3.8) is 0 Å². The van der Waals surface area contributed by atoms with Gasteiger partial charge < -0.3 is 14.8 Å². The molecule has 1 aliphatic rings. The number of hydrogen-bond acceptors (Lipinski definition) is 3. The van der Waals surface area contributed by atoms with Crippen molar-refractivity contribution in [2.45, 2.75) is 32.5 Å². The van der Waals surface area contributed by atoms with Crippen LogP contribution in [0.1, 0.15) is 40.3 Å². The van der Waals surface area contributed by atoms with Crippen molar-refractivity contribution in [1.82, 2.24) is 24.8 Å². The lowest BCUT2D eigenvalue weighted by Gasteiger charge is -2.28. The number of aromatic nitrogens is 3. The van der Waals surface area contributed by atoms with Gasteiger partial charge in [-0.25, -0.2) is 0 Å². The molecule has 5 aromatic rings. The summed E-state index contributed by atoms with van der Waals surface area (Å²) < 4.78 is 2.37. The molecule has 5 nitrogen and oxygen atoms in total. The summed E-state index contributed by atoms with van der Waals surface area (Å²) in [6.07, 6.45) is 5.51. The average molecular weight is 490 g/mol. The maximum atomic E-state index is 5.90. The molecular formula is C30H27N5S. The van der Waals surface area contributed by atoms with Gasteiger partial charge in [0.25, 0.3) is 0 Å². The molecule has 0 unspecified atom stereocenters. The maximum Gasteiger partial charge on any atom is 0.170 e. The van der Waals surface area contributed by atoms with Crippen LogP contribution in [0.25, 0.3) is 16.5 Å². The predicted molar refractivity (Wildman–Crippen MR) is 148 cm³/mol. The van der Waals surface area contributed by atoms with E-state index in [9.17, 15) is 0 Å². The average Bonchev–Trinajstić information content (AvgIpc) is 3.39. The molecule has 4 heterocycles. The second kappa shape index (κ2) is 9.21. The highest BCUT2D eigenvalue weighted by Crippen LogP contribution is 2.42. The number of benzene rings is 2. The Morgan fingerprint density at radius 2 is 1.67 bits per heavy atom. The Hall–Kier alpha value is -4.03. The van der Waals surface area contributed by atoms with Crippen LogP contribution < -0.4 is 5.32 Å². The van der Waals surface area contributed by atoms with Crippen molar-refractivity contribution in [2.24, 2.45) is 0 Å². The van der Waals surface area contributed by atoms with Gasteiger partial charge in [0.05, 0.1) is 23.5 Å². The van der Waals surface area contributed by atoms with E-state index in [0.717, 1.165) is 10.8 Å². The molecular weight excluding hydrogens is 462 g/mol. The summed E-state index contributed by atoms with van der Waals surface area (Å²) in [4.78, 5) is 11.2. The van der Waals surface area contributed by atoms with Crippen molar-refractivity contribution in [2.75, 3.05) is 0 Å². The van der Waals surface area contributed by atoms with E-state index in [1.54, 1.807) is 0 Å². The molecule has 3 aromatic heterocycles. The fraction of sp³-hybridized carbons (Fsp3) is 0.167. The van der Waals surface area contributed by atoms with E-state index in [2.05, 4.69) is 88.2 Å². The zero-order valence-electron chi connectivity index (χ0n) is 20.3. The summed E-state index contributed by atoms with van der Waals surface area (Å²) in [5.74, 6) is 0. The molecule has 1 saturated heterocycles. The Kier molecular flexibility index (Phi) is 5.74. The van der Waals surface area contributed by atoms with Gasteiger partial charge in [-0.05, 0) is 79.0 Å². The highest BCUT2D eigenvalue weighted by Gasteiger charge is 2.41. The molecule has 0 radical (unpaired) electrons. The molecule has 0 spiro atoms. The number of thiocarbonyl (C=S) groups is 1. The number of hydrogen-bond donors (Lipinski definition) is 1. The number of fused-ring (bicyclic) bond motifs is 1. The molecule has 178 valence electrons. The minimum Gasteiger partial charge on any atom is -0.352 e. The molecule has 1 fully saturated rings. The second-order valence-electron chi connectivity index (χ2n) is 9.27. The van der Waals surface area contributed by atoms with Crippen LogP contribution >= 0.6 is 12.2 Å². The zero-order chi connectivity index (χ0) is 24.6. The monoisotopic (exact) mass is 489 g/mol. The van der Waals surface area contributed by atoms with E-state index in [0.29, 0.717) is 6.54 Å². The van der Waals surface area contributed by atoms with Crippen molar-refractivity contribution in [1.29, 1.82) is 0 Å². The molecule has 0 saturated carbocycles. The first-order valence-corrected chi connectivity index (χ1v) is 12.6. The molecule has 0 aliphatic carbocycles. The van der Waals surface area contributed by atoms with Gasteiger partial charge in [-0.1, -0.05) is 42.5 Å². The Balaban J connectivity index is 1.50. The zero-order valence-corrected chi connectivity index (χ0v) is 21.1. The van der Waals surface area contributed by atoms with E-state index in [-0.39, 0.29) is 12.1 Å². The Morgan fingerprint density at radius 3 is 2.47 bits per heavy atom. The smallest absolute Gasteiger partial charge is 0.170 e. The molecule has 0 amide bonds. The SMILES string of the molecule is Cc1cc([C@@H]2[C@H](c3ccccn3)NC(=S)N2Cc2ccncc2)c(C)n1-c1cccc2ccccc12. The summed E-state index contributed by atoms with van der Waals surface area (Å²) in [5, 5.41) is 6.80. The number of pyridine rings is 2. The summed E-state index contributed by atoms with van der Waals surface area (Å²) in [6, 6.07) is 27.5. The van der Waals surface area contributed by atoms with E-state index in [4.69, 9.17) is 17.2 Å². The standard InChI is InChI=1S/C30H27N5S/c1-20-18-25(21(2)35(20)27-12-7-9-23-8-3-4-10-24(23)27)29-28(26-11-5-6-15-32-26)33-30(36)34(29)19-22-13-16-31-17-14-22/h3-18,28-29H,19H2,1-2H3,(H,33,36)/t28-,29+/m0/s1. The molecule has 2 aromatic carbocycles. The summed E-state index contributed by atoms with van der Waals surface area (Å²) >= 11 is 5.90. The minimum absolute atomic E-state index is 0.00417. The normalized spacial score (nSPS) is 17.5. The third kappa shape index (κ3) is 3.84. The number of rotatable bonds is 5. The van der Waals surface area contributed by atoms with Crippen LogP contribution in [0.5, 0.6) is 0 Å². The van der Waals surface area contributed by atoms with Crippen LogP contribution in [0.15, 0.2) is 97.5 Å². The molecule has 36 heavy (non-hydrogen) atoms. The lowest BCUT2D eigenvalue weighted by atomic mass is 9.96. The molecule has 6 heteroatoms. The molecule has 0 bridgehead atoms. The summed E-state index contributed by atoms with van der Waals surface area (Å²) in [7, 11) is 0. The van der Waals surface area contributed by atoms with Crippen molar-refractivity contribution < 1.29 is 0 Å². The summed E-state index contributed by atoms with van der Waals surface area (Å²) in [5.41, 5.74) is 7.00. The van der Waals surface area contributed by atoms with E-state index in [1.807, 2.05) is 42.9 Å². The van der Waals surface area contributed by atoms with Crippen molar-refractivity contribution in [3.05, 3.63) is 126 Å². The number of nitrogens with one attached hydrogen (secondary N) is 1. The van der Waals surface area contributed by atoms with Gasteiger partial charge in [0, 0.05) is 41.9 Å². The quantitative estimate of drug-likeness (QED) is 0.297. The maximum absolute atomic E-state index is 5.90. The van der Waals surface area contributed by atoms with Gasteiger partial charge >= 0.3 is 0 Å². The Bertz CT molecular complexity index is 1540. The fourth-order valence-electron chi connectivity index (χ4n) is 5.46.